The fourth-order valence-corrected chi connectivity index (χ4v) is 3.00. The number of ether oxygens (including phenoxy) is 1. The molecule has 142 valence electrons. The maximum absolute atomic E-state index is 13.5. The third-order valence-corrected chi connectivity index (χ3v) is 4.56. The minimum absolute atomic E-state index is 0.0963. The summed E-state index contributed by atoms with van der Waals surface area (Å²) in [5.74, 6) is 0.792. The molecule has 0 aromatic heterocycles. The summed E-state index contributed by atoms with van der Waals surface area (Å²) < 4.78 is 32.1. The van der Waals surface area contributed by atoms with Crippen molar-refractivity contribution in [2.75, 3.05) is 7.11 Å². The summed E-state index contributed by atoms with van der Waals surface area (Å²) in [5.41, 5.74) is 3.76. The van der Waals surface area contributed by atoms with Crippen LogP contribution in [0.5, 0.6) is 5.75 Å². The van der Waals surface area contributed by atoms with Crippen LogP contribution in [-0.2, 0) is 0 Å². The smallest absolute Gasteiger partial charge is 0.274 e. The summed E-state index contributed by atoms with van der Waals surface area (Å²) in [6.07, 6.45) is 3.07. The van der Waals surface area contributed by atoms with Gasteiger partial charge in [-0.25, -0.2) is 0 Å². The van der Waals surface area contributed by atoms with Crippen molar-refractivity contribution in [3.05, 3.63) is 102 Å². The SMILES string of the molecule is COc1ccc(/C=C/CCC(=C(F)F)c2ccc(-c3ccccc3)cc2)cc1. The lowest BCUT2D eigenvalue weighted by atomic mass is 9.98. The van der Waals surface area contributed by atoms with Gasteiger partial charge < -0.3 is 4.74 Å². The zero-order valence-corrected chi connectivity index (χ0v) is 15.7. The molecule has 0 fully saturated rings. The Kier molecular flexibility index (Phi) is 6.74. The summed E-state index contributed by atoms with van der Waals surface area (Å²) in [5, 5.41) is 0. The van der Waals surface area contributed by atoms with Gasteiger partial charge in [-0.1, -0.05) is 78.9 Å². The molecule has 3 heteroatoms. The molecule has 1 nitrogen and oxygen atoms in total. The monoisotopic (exact) mass is 376 g/mol. The maximum Gasteiger partial charge on any atom is 0.274 e. The third kappa shape index (κ3) is 5.17. The van der Waals surface area contributed by atoms with Crippen molar-refractivity contribution in [2.45, 2.75) is 12.8 Å². The molecule has 0 saturated heterocycles. The van der Waals surface area contributed by atoms with Crippen molar-refractivity contribution >= 4 is 11.6 Å². The summed E-state index contributed by atoms with van der Waals surface area (Å²) in [7, 11) is 1.62. The van der Waals surface area contributed by atoms with Crippen LogP contribution in [0.2, 0.25) is 0 Å². The number of hydrogen-bond donors (Lipinski definition) is 0. The van der Waals surface area contributed by atoms with E-state index in [0.717, 1.165) is 22.4 Å². The predicted octanol–water partition coefficient (Wildman–Crippen LogP) is 7.46. The van der Waals surface area contributed by atoms with Crippen LogP contribution in [0.4, 0.5) is 8.78 Å². The lowest BCUT2D eigenvalue weighted by molar-refractivity contribution is 0.415. The van der Waals surface area contributed by atoms with E-state index in [0.29, 0.717) is 18.4 Å². The fourth-order valence-electron chi connectivity index (χ4n) is 3.00. The molecule has 0 spiro atoms. The lowest BCUT2D eigenvalue weighted by Gasteiger charge is -2.07. The van der Waals surface area contributed by atoms with Gasteiger partial charge in [0.1, 0.15) is 5.75 Å². The van der Waals surface area contributed by atoms with Crippen LogP contribution in [0.15, 0.2) is 91.0 Å². The van der Waals surface area contributed by atoms with Crippen LogP contribution in [0, 0.1) is 0 Å². The van der Waals surface area contributed by atoms with Crippen molar-refractivity contribution < 1.29 is 13.5 Å². The molecule has 3 aromatic rings. The number of methoxy groups -OCH3 is 1. The van der Waals surface area contributed by atoms with Gasteiger partial charge in [-0.15, -0.1) is 0 Å². The highest BCUT2D eigenvalue weighted by Gasteiger charge is 2.09. The van der Waals surface area contributed by atoms with Crippen LogP contribution >= 0.6 is 0 Å². The molecule has 0 heterocycles. The first-order valence-corrected chi connectivity index (χ1v) is 9.18. The van der Waals surface area contributed by atoms with Gasteiger partial charge >= 0.3 is 0 Å². The Morgan fingerprint density at radius 3 is 2.07 bits per heavy atom. The predicted molar refractivity (Wildman–Crippen MR) is 112 cm³/mol. The van der Waals surface area contributed by atoms with E-state index in [1.54, 1.807) is 19.2 Å². The van der Waals surface area contributed by atoms with Crippen LogP contribution in [0.3, 0.4) is 0 Å². The van der Waals surface area contributed by atoms with E-state index in [4.69, 9.17) is 4.74 Å². The molecule has 3 aromatic carbocycles. The Morgan fingerprint density at radius 2 is 1.46 bits per heavy atom. The van der Waals surface area contributed by atoms with Crippen molar-refractivity contribution in [3.8, 4) is 16.9 Å². The maximum atomic E-state index is 13.5. The second-order valence-electron chi connectivity index (χ2n) is 6.40. The molecule has 0 aliphatic carbocycles. The molecule has 0 radical (unpaired) electrons. The Morgan fingerprint density at radius 1 is 0.821 bits per heavy atom. The molecule has 0 N–H and O–H groups in total. The van der Waals surface area contributed by atoms with E-state index >= 15 is 0 Å². The van der Waals surface area contributed by atoms with Crippen molar-refractivity contribution in [1.82, 2.24) is 0 Å². The van der Waals surface area contributed by atoms with Gasteiger partial charge in [-0.05, 0) is 47.2 Å². The molecule has 28 heavy (non-hydrogen) atoms. The van der Waals surface area contributed by atoms with Gasteiger partial charge in [0.25, 0.3) is 6.08 Å². The Balaban J connectivity index is 1.65. The highest BCUT2D eigenvalue weighted by Crippen LogP contribution is 2.28. The number of rotatable bonds is 7. The van der Waals surface area contributed by atoms with Gasteiger partial charge in [0.05, 0.1) is 7.11 Å². The summed E-state index contributed by atoms with van der Waals surface area (Å²) in [4.78, 5) is 0. The molecular formula is C25H22F2O. The van der Waals surface area contributed by atoms with E-state index in [-0.39, 0.29) is 5.57 Å². The molecule has 0 saturated carbocycles. The van der Waals surface area contributed by atoms with Gasteiger partial charge in [0.15, 0.2) is 0 Å². The topological polar surface area (TPSA) is 9.23 Å². The third-order valence-electron chi connectivity index (χ3n) is 4.56. The van der Waals surface area contributed by atoms with E-state index in [1.807, 2.05) is 78.9 Å². The van der Waals surface area contributed by atoms with Crippen LogP contribution in [-0.4, -0.2) is 7.11 Å². The molecule has 3 rings (SSSR count). The highest BCUT2D eigenvalue weighted by atomic mass is 19.3. The first-order valence-electron chi connectivity index (χ1n) is 9.18. The van der Waals surface area contributed by atoms with E-state index in [9.17, 15) is 8.78 Å². The first-order chi connectivity index (χ1) is 13.7. The number of benzene rings is 3. The van der Waals surface area contributed by atoms with E-state index < -0.39 is 6.08 Å². The molecule has 0 aliphatic rings. The highest BCUT2D eigenvalue weighted by molar-refractivity contribution is 5.71. The molecule has 0 amide bonds. The van der Waals surface area contributed by atoms with Crippen molar-refractivity contribution in [2.24, 2.45) is 0 Å². The number of allylic oxidation sites excluding steroid dienone is 2. The Labute approximate surface area is 164 Å². The van der Waals surface area contributed by atoms with Gasteiger partial charge in [0.2, 0.25) is 0 Å². The Bertz CT molecular complexity index is 936. The zero-order chi connectivity index (χ0) is 19.8. The molecule has 0 bridgehead atoms. The average molecular weight is 376 g/mol. The minimum Gasteiger partial charge on any atom is -0.497 e. The first kappa shape index (κ1) is 19.6. The van der Waals surface area contributed by atoms with E-state index in [1.165, 1.54) is 0 Å². The van der Waals surface area contributed by atoms with Gasteiger partial charge in [0, 0.05) is 5.57 Å². The zero-order valence-electron chi connectivity index (χ0n) is 15.7. The second-order valence-corrected chi connectivity index (χ2v) is 6.40. The lowest BCUT2D eigenvalue weighted by Crippen LogP contribution is -1.87. The molecule has 0 unspecified atom stereocenters. The molecular weight excluding hydrogens is 354 g/mol. The number of hydrogen-bond acceptors (Lipinski definition) is 1. The minimum atomic E-state index is -1.62. The van der Waals surface area contributed by atoms with Crippen LogP contribution in [0.25, 0.3) is 22.8 Å². The Hall–Kier alpha value is -3.20. The fraction of sp³-hybridized carbons (Fsp3) is 0.120. The molecule has 0 aliphatic heterocycles. The standard InChI is InChI=1S/C25H22F2O/c1-28-23-17-11-19(12-18-23)7-5-6-10-24(25(26)27)22-15-13-21(14-16-22)20-8-3-2-4-9-20/h2-5,7-9,11-18H,6,10H2,1H3/b7-5+. The molecule has 0 atom stereocenters. The van der Waals surface area contributed by atoms with E-state index in [2.05, 4.69) is 0 Å². The average Bonchev–Trinajstić information content (AvgIpc) is 2.75. The van der Waals surface area contributed by atoms with Crippen LogP contribution < -0.4 is 4.74 Å². The summed E-state index contributed by atoms with van der Waals surface area (Å²) in [6.45, 7) is 0. The van der Waals surface area contributed by atoms with Crippen molar-refractivity contribution in [1.29, 1.82) is 0 Å². The summed E-state index contributed by atoms with van der Waals surface area (Å²) in [6, 6.07) is 24.8. The summed E-state index contributed by atoms with van der Waals surface area (Å²) >= 11 is 0. The number of halogens is 2. The van der Waals surface area contributed by atoms with Crippen molar-refractivity contribution in [3.63, 3.8) is 0 Å². The van der Waals surface area contributed by atoms with Crippen LogP contribution in [0.1, 0.15) is 24.0 Å². The quantitative estimate of drug-likeness (QED) is 0.416. The second kappa shape index (κ2) is 9.65. The van der Waals surface area contributed by atoms with Gasteiger partial charge in [-0.2, -0.15) is 8.78 Å². The normalized spacial score (nSPS) is 10.8. The van der Waals surface area contributed by atoms with Gasteiger partial charge in [-0.3, -0.25) is 0 Å². The largest absolute Gasteiger partial charge is 0.497 e.